The molecule has 0 unspecified atom stereocenters. The standard InChI is InChI=1S/C36H32N2O6/c1-35(2,25-16-20-29(21-17-25)43-33-14-7-5-12-31(33)37(39)40)27-10-9-11-28(24-27)36(3,4)26-18-22-30(23-19-26)44-34-15-8-6-13-32(34)38(41)42/h5-24H,1-4H3. The van der Waals surface area contributed by atoms with Crippen LogP contribution in [0.25, 0.3) is 0 Å². The highest BCUT2D eigenvalue weighted by Crippen LogP contribution is 2.39. The van der Waals surface area contributed by atoms with Crippen LogP contribution in [0.3, 0.4) is 0 Å². The highest BCUT2D eigenvalue weighted by atomic mass is 16.6. The maximum Gasteiger partial charge on any atom is 0.311 e. The quantitative estimate of drug-likeness (QED) is 0.119. The van der Waals surface area contributed by atoms with Crippen molar-refractivity contribution in [2.75, 3.05) is 0 Å². The van der Waals surface area contributed by atoms with Crippen LogP contribution in [0.1, 0.15) is 49.9 Å². The molecule has 5 rings (SSSR count). The van der Waals surface area contributed by atoms with E-state index in [0.717, 1.165) is 22.3 Å². The van der Waals surface area contributed by atoms with Gasteiger partial charge in [0.15, 0.2) is 0 Å². The molecule has 5 aromatic carbocycles. The summed E-state index contributed by atoms with van der Waals surface area (Å²) >= 11 is 0. The van der Waals surface area contributed by atoms with Crippen molar-refractivity contribution in [2.24, 2.45) is 0 Å². The fourth-order valence-electron chi connectivity index (χ4n) is 5.15. The van der Waals surface area contributed by atoms with E-state index >= 15 is 0 Å². The molecule has 0 spiro atoms. The lowest BCUT2D eigenvalue weighted by atomic mass is 9.73. The highest BCUT2D eigenvalue weighted by Gasteiger charge is 2.28. The average Bonchev–Trinajstić information content (AvgIpc) is 3.02. The smallest absolute Gasteiger partial charge is 0.311 e. The molecule has 0 fully saturated rings. The Morgan fingerprint density at radius 1 is 0.477 bits per heavy atom. The summed E-state index contributed by atoms with van der Waals surface area (Å²) in [5, 5.41) is 22.7. The topological polar surface area (TPSA) is 105 Å². The number of hydrogen-bond acceptors (Lipinski definition) is 6. The molecule has 5 aromatic rings. The molecule has 0 radical (unpaired) electrons. The predicted octanol–water partition coefficient (Wildman–Crippen LogP) is 9.74. The van der Waals surface area contributed by atoms with E-state index in [0.29, 0.717) is 11.5 Å². The van der Waals surface area contributed by atoms with Gasteiger partial charge >= 0.3 is 11.4 Å². The highest BCUT2D eigenvalue weighted by molar-refractivity contribution is 5.51. The van der Waals surface area contributed by atoms with Gasteiger partial charge in [-0.1, -0.05) is 100 Å². The molecule has 0 aliphatic carbocycles. The number of para-hydroxylation sites is 4. The van der Waals surface area contributed by atoms with Gasteiger partial charge in [0.05, 0.1) is 9.85 Å². The van der Waals surface area contributed by atoms with E-state index in [4.69, 9.17) is 9.47 Å². The summed E-state index contributed by atoms with van der Waals surface area (Å²) < 4.78 is 11.7. The van der Waals surface area contributed by atoms with Crippen LogP contribution in [0.5, 0.6) is 23.0 Å². The fourth-order valence-corrected chi connectivity index (χ4v) is 5.15. The number of nitrogens with zero attached hydrogens (tertiary/aromatic N) is 2. The second-order valence-corrected chi connectivity index (χ2v) is 11.5. The lowest BCUT2D eigenvalue weighted by Crippen LogP contribution is -2.22. The van der Waals surface area contributed by atoms with Gasteiger partial charge in [0.25, 0.3) is 0 Å². The first kappa shape index (κ1) is 30.0. The second kappa shape index (κ2) is 12.0. The van der Waals surface area contributed by atoms with Crippen LogP contribution in [0.2, 0.25) is 0 Å². The summed E-state index contributed by atoms with van der Waals surface area (Å²) in [6, 6.07) is 36.4. The Morgan fingerprint density at radius 3 is 1.20 bits per heavy atom. The van der Waals surface area contributed by atoms with Gasteiger partial charge in [-0.25, -0.2) is 0 Å². The molecule has 0 aliphatic heterocycles. The van der Waals surface area contributed by atoms with Gasteiger partial charge in [-0.15, -0.1) is 0 Å². The summed E-state index contributed by atoms with van der Waals surface area (Å²) in [6.45, 7) is 8.63. The molecule has 8 heteroatoms. The average molecular weight is 589 g/mol. The molecule has 222 valence electrons. The van der Waals surface area contributed by atoms with E-state index in [1.165, 1.54) is 12.1 Å². The minimum absolute atomic E-state index is 0.0846. The Hall–Kier alpha value is -5.50. The number of ether oxygens (including phenoxy) is 2. The third-order valence-electron chi connectivity index (χ3n) is 8.04. The van der Waals surface area contributed by atoms with Gasteiger partial charge in [0.1, 0.15) is 11.5 Å². The van der Waals surface area contributed by atoms with E-state index < -0.39 is 9.85 Å². The summed E-state index contributed by atoms with van der Waals surface area (Å²) in [7, 11) is 0. The number of hydrogen-bond donors (Lipinski definition) is 0. The minimum atomic E-state index is -0.456. The van der Waals surface area contributed by atoms with Crippen LogP contribution in [0.4, 0.5) is 11.4 Å². The molecule has 44 heavy (non-hydrogen) atoms. The van der Waals surface area contributed by atoms with Crippen molar-refractivity contribution in [3.8, 4) is 23.0 Å². The van der Waals surface area contributed by atoms with Gasteiger partial charge in [-0.3, -0.25) is 20.2 Å². The third kappa shape index (κ3) is 6.15. The zero-order valence-corrected chi connectivity index (χ0v) is 24.9. The molecule has 0 saturated carbocycles. The first-order valence-corrected chi connectivity index (χ1v) is 14.1. The van der Waals surface area contributed by atoms with Gasteiger partial charge in [-0.2, -0.15) is 0 Å². The maximum atomic E-state index is 11.4. The van der Waals surface area contributed by atoms with E-state index in [2.05, 4.69) is 52.0 Å². The molecule has 0 aromatic heterocycles. The van der Waals surface area contributed by atoms with Crippen LogP contribution in [-0.2, 0) is 10.8 Å². The van der Waals surface area contributed by atoms with Crippen LogP contribution >= 0.6 is 0 Å². The molecule has 0 heterocycles. The third-order valence-corrected chi connectivity index (χ3v) is 8.04. The number of nitro groups is 2. The van der Waals surface area contributed by atoms with E-state index in [1.807, 2.05) is 48.5 Å². The first-order chi connectivity index (χ1) is 21.0. The monoisotopic (exact) mass is 588 g/mol. The van der Waals surface area contributed by atoms with E-state index in [1.54, 1.807) is 36.4 Å². The van der Waals surface area contributed by atoms with Crippen LogP contribution in [0.15, 0.2) is 121 Å². The fraction of sp³-hybridized carbons (Fsp3) is 0.167. The van der Waals surface area contributed by atoms with E-state index in [9.17, 15) is 20.2 Å². The molecule has 0 amide bonds. The molecular weight excluding hydrogens is 556 g/mol. The molecular formula is C36H32N2O6. The molecule has 0 aliphatic rings. The number of benzene rings is 5. The second-order valence-electron chi connectivity index (χ2n) is 11.5. The van der Waals surface area contributed by atoms with Crippen molar-refractivity contribution < 1.29 is 19.3 Å². The molecule has 0 N–H and O–H groups in total. The van der Waals surface area contributed by atoms with Crippen molar-refractivity contribution in [3.63, 3.8) is 0 Å². The molecule has 0 saturated heterocycles. The summed E-state index contributed by atoms with van der Waals surface area (Å²) in [4.78, 5) is 21.8. The lowest BCUT2D eigenvalue weighted by molar-refractivity contribution is -0.385. The molecule has 8 nitrogen and oxygen atoms in total. The van der Waals surface area contributed by atoms with Crippen LogP contribution in [0, 0.1) is 20.2 Å². The maximum absolute atomic E-state index is 11.4. The first-order valence-electron chi connectivity index (χ1n) is 14.1. The predicted molar refractivity (Wildman–Crippen MR) is 170 cm³/mol. The Kier molecular flexibility index (Phi) is 8.18. The summed E-state index contributed by atoms with van der Waals surface area (Å²) in [5.74, 6) is 1.42. The largest absolute Gasteiger partial charge is 0.450 e. The lowest BCUT2D eigenvalue weighted by Gasteiger charge is -2.31. The Bertz CT molecular complexity index is 1680. The number of nitro benzene ring substituents is 2. The Morgan fingerprint density at radius 2 is 0.841 bits per heavy atom. The van der Waals surface area contributed by atoms with Crippen molar-refractivity contribution in [3.05, 3.63) is 164 Å². The Balaban J connectivity index is 1.35. The minimum Gasteiger partial charge on any atom is -0.450 e. The van der Waals surface area contributed by atoms with Crippen molar-refractivity contribution in [1.29, 1.82) is 0 Å². The van der Waals surface area contributed by atoms with Crippen LogP contribution < -0.4 is 9.47 Å². The van der Waals surface area contributed by atoms with E-state index in [-0.39, 0.29) is 33.7 Å². The Labute approximate surface area is 255 Å². The molecule has 0 bridgehead atoms. The van der Waals surface area contributed by atoms with Gasteiger partial charge in [-0.05, 0) is 58.7 Å². The SMILES string of the molecule is CC(C)(c1ccc(Oc2ccccc2[N+](=O)[O-])cc1)c1cccc(C(C)(C)c2ccc(Oc3ccccc3[N+](=O)[O-])cc2)c1. The summed E-state index contributed by atoms with van der Waals surface area (Å²) in [5.41, 5.74) is 3.55. The van der Waals surface area contributed by atoms with Gasteiger partial charge in [0, 0.05) is 23.0 Å². The van der Waals surface area contributed by atoms with Crippen molar-refractivity contribution in [1.82, 2.24) is 0 Å². The normalized spacial score (nSPS) is 11.5. The zero-order valence-electron chi connectivity index (χ0n) is 24.9. The van der Waals surface area contributed by atoms with Gasteiger partial charge < -0.3 is 9.47 Å². The van der Waals surface area contributed by atoms with Crippen molar-refractivity contribution >= 4 is 11.4 Å². The molecule has 0 atom stereocenters. The van der Waals surface area contributed by atoms with Crippen molar-refractivity contribution in [2.45, 2.75) is 38.5 Å². The summed E-state index contributed by atoms with van der Waals surface area (Å²) in [6.07, 6.45) is 0. The van der Waals surface area contributed by atoms with Crippen LogP contribution in [-0.4, -0.2) is 9.85 Å². The zero-order chi connectivity index (χ0) is 31.5. The van der Waals surface area contributed by atoms with Gasteiger partial charge in [0.2, 0.25) is 11.5 Å². The number of rotatable bonds is 10.